The van der Waals surface area contributed by atoms with Crippen molar-refractivity contribution in [1.82, 2.24) is 14.8 Å². The number of anilines is 1. The normalized spacial score (nSPS) is 18.9. The zero-order chi connectivity index (χ0) is 14.9. The minimum absolute atomic E-state index is 0.206. The molecule has 1 aliphatic heterocycles. The minimum Gasteiger partial charge on any atom is -0.398 e. The summed E-state index contributed by atoms with van der Waals surface area (Å²) in [6.45, 7) is 1.04. The van der Waals surface area contributed by atoms with Crippen LogP contribution in [0.5, 0.6) is 0 Å². The lowest BCUT2D eigenvalue weighted by atomic mass is 10.2. The van der Waals surface area contributed by atoms with Crippen LogP contribution < -0.4 is 16.6 Å². The SMILES string of the molecule is CC1C(=O)NC(=O)CN1C(=O)Cn1cc(N)ccc1=O. The number of imide groups is 1. The molecular weight excluding hydrogens is 264 g/mol. The quantitative estimate of drug-likeness (QED) is 0.626. The van der Waals surface area contributed by atoms with E-state index in [9.17, 15) is 19.2 Å². The van der Waals surface area contributed by atoms with Gasteiger partial charge in [0, 0.05) is 18.0 Å². The molecule has 8 nitrogen and oxygen atoms in total. The molecule has 0 saturated carbocycles. The molecule has 0 radical (unpaired) electrons. The number of hydrogen-bond donors (Lipinski definition) is 2. The van der Waals surface area contributed by atoms with Gasteiger partial charge in [-0.25, -0.2) is 0 Å². The van der Waals surface area contributed by atoms with Gasteiger partial charge in [-0.05, 0) is 13.0 Å². The molecule has 0 spiro atoms. The van der Waals surface area contributed by atoms with Crippen LogP contribution in [0.3, 0.4) is 0 Å². The molecule has 0 aromatic carbocycles. The Bertz CT molecular complexity index is 637. The molecule has 1 aromatic heterocycles. The van der Waals surface area contributed by atoms with E-state index in [2.05, 4.69) is 5.32 Å². The summed E-state index contributed by atoms with van der Waals surface area (Å²) in [5, 5.41) is 2.14. The third kappa shape index (κ3) is 2.68. The Morgan fingerprint density at radius 2 is 2.10 bits per heavy atom. The molecule has 8 heteroatoms. The molecule has 20 heavy (non-hydrogen) atoms. The smallest absolute Gasteiger partial charge is 0.251 e. The van der Waals surface area contributed by atoms with Crippen molar-refractivity contribution in [1.29, 1.82) is 0 Å². The summed E-state index contributed by atoms with van der Waals surface area (Å²) >= 11 is 0. The lowest BCUT2D eigenvalue weighted by molar-refractivity contribution is -0.149. The van der Waals surface area contributed by atoms with Crippen molar-refractivity contribution >= 4 is 23.4 Å². The summed E-state index contributed by atoms with van der Waals surface area (Å²) < 4.78 is 1.14. The fourth-order valence-electron chi connectivity index (χ4n) is 1.93. The summed E-state index contributed by atoms with van der Waals surface area (Å²) in [5.41, 5.74) is 5.51. The van der Waals surface area contributed by atoms with Crippen LogP contribution in [0.1, 0.15) is 6.92 Å². The zero-order valence-electron chi connectivity index (χ0n) is 10.8. The summed E-state index contributed by atoms with van der Waals surface area (Å²) in [5.74, 6) is -1.57. The van der Waals surface area contributed by atoms with Crippen LogP contribution in [0.15, 0.2) is 23.1 Å². The van der Waals surface area contributed by atoms with E-state index in [0.717, 1.165) is 9.47 Å². The molecular formula is C12H14N4O4. The number of nitrogens with one attached hydrogen (secondary N) is 1. The average molecular weight is 278 g/mol. The number of amides is 3. The highest BCUT2D eigenvalue weighted by Crippen LogP contribution is 2.06. The van der Waals surface area contributed by atoms with E-state index >= 15 is 0 Å². The van der Waals surface area contributed by atoms with Crippen LogP contribution in [0.4, 0.5) is 5.69 Å². The maximum absolute atomic E-state index is 12.1. The molecule has 2 heterocycles. The minimum atomic E-state index is -0.753. The summed E-state index contributed by atoms with van der Waals surface area (Å²) in [4.78, 5) is 47.6. The Kier molecular flexibility index (Phi) is 3.55. The molecule has 3 N–H and O–H groups in total. The summed E-state index contributed by atoms with van der Waals surface area (Å²) in [6.07, 6.45) is 1.34. The number of carbonyl (C=O) groups is 3. The highest BCUT2D eigenvalue weighted by Gasteiger charge is 2.33. The average Bonchev–Trinajstić information content (AvgIpc) is 2.38. The highest BCUT2D eigenvalue weighted by atomic mass is 16.2. The van der Waals surface area contributed by atoms with Crippen molar-refractivity contribution in [3.8, 4) is 0 Å². The van der Waals surface area contributed by atoms with Gasteiger partial charge < -0.3 is 15.2 Å². The topological polar surface area (TPSA) is 114 Å². The van der Waals surface area contributed by atoms with Gasteiger partial charge in [-0.1, -0.05) is 0 Å². The molecule has 106 valence electrons. The van der Waals surface area contributed by atoms with Gasteiger partial charge in [-0.15, -0.1) is 0 Å². The molecule has 0 bridgehead atoms. The molecule has 1 fully saturated rings. The largest absolute Gasteiger partial charge is 0.398 e. The predicted octanol–water partition coefficient (Wildman–Crippen LogP) is -1.70. The number of hydrogen-bond acceptors (Lipinski definition) is 5. The van der Waals surface area contributed by atoms with E-state index in [1.54, 1.807) is 0 Å². The van der Waals surface area contributed by atoms with E-state index < -0.39 is 23.8 Å². The second-order valence-electron chi connectivity index (χ2n) is 4.54. The second kappa shape index (κ2) is 5.16. The van der Waals surface area contributed by atoms with Crippen molar-refractivity contribution in [3.63, 3.8) is 0 Å². The van der Waals surface area contributed by atoms with Crippen molar-refractivity contribution < 1.29 is 14.4 Å². The molecule has 1 aromatic rings. The number of nitrogens with zero attached hydrogens (tertiary/aromatic N) is 2. The first-order valence-corrected chi connectivity index (χ1v) is 5.97. The van der Waals surface area contributed by atoms with Crippen molar-refractivity contribution in [2.24, 2.45) is 0 Å². The van der Waals surface area contributed by atoms with E-state index in [1.165, 1.54) is 25.3 Å². The van der Waals surface area contributed by atoms with Gasteiger partial charge in [0.25, 0.3) is 5.56 Å². The van der Waals surface area contributed by atoms with Crippen LogP contribution in [-0.4, -0.2) is 39.8 Å². The molecule has 1 unspecified atom stereocenters. The number of nitrogens with two attached hydrogens (primary N) is 1. The fourth-order valence-corrected chi connectivity index (χ4v) is 1.93. The maximum atomic E-state index is 12.1. The Morgan fingerprint density at radius 3 is 2.80 bits per heavy atom. The van der Waals surface area contributed by atoms with E-state index in [0.29, 0.717) is 5.69 Å². The third-order valence-corrected chi connectivity index (χ3v) is 3.06. The maximum Gasteiger partial charge on any atom is 0.251 e. The number of aromatic nitrogens is 1. The number of piperazine rings is 1. The molecule has 1 atom stereocenters. The van der Waals surface area contributed by atoms with Crippen LogP contribution in [0.25, 0.3) is 0 Å². The van der Waals surface area contributed by atoms with Crippen molar-refractivity contribution in [2.75, 3.05) is 12.3 Å². The number of nitrogen functional groups attached to an aromatic ring is 1. The number of pyridine rings is 1. The van der Waals surface area contributed by atoms with E-state index in [1.807, 2.05) is 0 Å². The zero-order valence-corrected chi connectivity index (χ0v) is 10.8. The molecule has 3 amide bonds. The molecule has 1 saturated heterocycles. The Hall–Kier alpha value is -2.64. The van der Waals surface area contributed by atoms with Gasteiger partial charge in [0.2, 0.25) is 17.7 Å². The number of rotatable bonds is 2. The van der Waals surface area contributed by atoms with Gasteiger partial charge in [0.05, 0.1) is 0 Å². The first kappa shape index (κ1) is 13.8. The van der Waals surface area contributed by atoms with Crippen LogP contribution in [0.2, 0.25) is 0 Å². The van der Waals surface area contributed by atoms with E-state index in [-0.39, 0.29) is 18.6 Å². The summed E-state index contributed by atoms with van der Waals surface area (Å²) in [6, 6.07) is 1.93. The van der Waals surface area contributed by atoms with Gasteiger partial charge >= 0.3 is 0 Å². The Labute approximate surface area is 114 Å². The Morgan fingerprint density at radius 1 is 1.40 bits per heavy atom. The standard InChI is InChI=1S/C12H14N4O4/c1-7-12(20)14-9(17)5-16(7)11(19)6-15-4-8(13)2-3-10(15)18/h2-4,7H,5-6,13H2,1H3,(H,14,17,20). The van der Waals surface area contributed by atoms with Crippen LogP contribution in [-0.2, 0) is 20.9 Å². The highest BCUT2D eigenvalue weighted by molar-refractivity contribution is 6.04. The van der Waals surface area contributed by atoms with Crippen molar-refractivity contribution in [3.05, 3.63) is 28.7 Å². The van der Waals surface area contributed by atoms with Crippen LogP contribution in [0, 0.1) is 0 Å². The van der Waals surface area contributed by atoms with Crippen molar-refractivity contribution in [2.45, 2.75) is 19.5 Å². The lowest BCUT2D eigenvalue weighted by Gasteiger charge is -2.31. The van der Waals surface area contributed by atoms with Crippen LogP contribution >= 0.6 is 0 Å². The fraction of sp³-hybridized carbons (Fsp3) is 0.333. The van der Waals surface area contributed by atoms with E-state index in [4.69, 9.17) is 5.73 Å². The van der Waals surface area contributed by atoms with Gasteiger partial charge in [-0.2, -0.15) is 0 Å². The summed E-state index contributed by atoms with van der Waals surface area (Å²) in [7, 11) is 0. The first-order valence-electron chi connectivity index (χ1n) is 5.97. The molecule has 1 aliphatic rings. The van der Waals surface area contributed by atoms with Gasteiger partial charge in [-0.3, -0.25) is 24.5 Å². The second-order valence-corrected chi connectivity index (χ2v) is 4.54. The first-order chi connectivity index (χ1) is 9.38. The van der Waals surface area contributed by atoms with Gasteiger partial charge in [0.1, 0.15) is 19.1 Å². The monoisotopic (exact) mass is 278 g/mol. The molecule has 0 aliphatic carbocycles. The Balaban J connectivity index is 2.19. The van der Waals surface area contributed by atoms with Gasteiger partial charge in [0.15, 0.2) is 0 Å². The number of carbonyl (C=O) groups excluding carboxylic acids is 3. The lowest BCUT2D eigenvalue weighted by Crippen LogP contribution is -2.59. The predicted molar refractivity (Wildman–Crippen MR) is 69.4 cm³/mol. The third-order valence-electron chi connectivity index (χ3n) is 3.06. The molecule has 2 rings (SSSR count).